The average Bonchev–Trinajstić information content (AvgIpc) is 2.70. The van der Waals surface area contributed by atoms with Crippen LogP contribution in [0.25, 0.3) is 0 Å². The van der Waals surface area contributed by atoms with Crippen molar-refractivity contribution in [2.45, 2.75) is 25.6 Å². The zero-order valence-corrected chi connectivity index (χ0v) is 9.72. The lowest BCUT2D eigenvalue weighted by molar-refractivity contribution is -0.402. The van der Waals surface area contributed by atoms with E-state index in [4.69, 9.17) is 9.15 Å². The summed E-state index contributed by atoms with van der Waals surface area (Å²) in [6.07, 6.45) is 2.35. The normalized spacial score (nSPS) is 23.4. The van der Waals surface area contributed by atoms with E-state index in [-0.39, 0.29) is 12.0 Å². The Balaban J connectivity index is 1.70. The molecule has 1 aromatic rings. The fourth-order valence-corrected chi connectivity index (χ4v) is 2.01. The lowest BCUT2D eigenvalue weighted by Gasteiger charge is -2.34. The molecule has 1 fully saturated rings. The van der Waals surface area contributed by atoms with Gasteiger partial charge in [-0.3, -0.25) is 10.1 Å². The van der Waals surface area contributed by atoms with Crippen LogP contribution >= 0.6 is 0 Å². The molecule has 6 nitrogen and oxygen atoms in total. The van der Waals surface area contributed by atoms with E-state index in [1.54, 1.807) is 6.07 Å². The van der Waals surface area contributed by atoms with E-state index in [0.29, 0.717) is 18.3 Å². The molecule has 0 amide bonds. The molecule has 1 aliphatic carbocycles. The first-order valence-corrected chi connectivity index (χ1v) is 5.68. The molecule has 1 saturated carbocycles. The van der Waals surface area contributed by atoms with Gasteiger partial charge in [0.2, 0.25) is 0 Å². The Labute approximate surface area is 99.1 Å². The van der Waals surface area contributed by atoms with Crippen LogP contribution in [0.5, 0.6) is 0 Å². The number of nitro groups is 1. The summed E-state index contributed by atoms with van der Waals surface area (Å²) in [4.78, 5) is 9.85. The lowest BCUT2D eigenvalue weighted by atomic mass is 9.82. The standard InChI is InChI=1S/C11H16N2O4/c1-12-6-8-4-10(5-8)16-7-9-2-3-11(17-9)13(14)15/h2-3,8,10,12H,4-7H2,1H3. The number of ether oxygens (including phenoxy) is 1. The second-order valence-electron chi connectivity index (χ2n) is 4.33. The summed E-state index contributed by atoms with van der Waals surface area (Å²) in [5, 5.41) is 13.5. The van der Waals surface area contributed by atoms with E-state index in [9.17, 15) is 10.1 Å². The maximum Gasteiger partial charge on any atom is 0.433 e. The molecular formula is C11H16N2O4. The Morgan fingerprint density at radius 1 is 1.59 bits per heavy atom. The molecule has 1 aromatic heterocycles. The van der Waals surface area contributed by atoms with Gasteiger partial charge in [-0.25, -0.2) is 0 Å². The third-order valence-electron chi connectivity index (χ3n) is 2.97. The molecule has 1 N–H and O–H groups in total. The zero-order chi connectivity index (χ0) is 12.3. The number of nitrogens with zero attached hydrogens (tertiary/aromatic N) is 1. The van der Waals surface area contributed by atoms with Crippen LogP contribution < -0.4 is 5.32 Å². The van der Waals surface area contributed by atoms with Crippen LogP contribution in [0.2, 0.25) is 0 Å². The minimum absolute atomic E-state index is 0.231. The summed E-state index contributed by atoms with van der Waals surface area (Å²) in [6, 6.07) is 2.94. The Morgan fingerprint density at radius 2 is 2.35 bits per heavy atom. The molecule has 0 aliphatic heterocycles. The molecule has 6 heteroatoms. The molecule has 1 aliphatic rings. The first-order chi connectivity index (χ1) is 8.19. The van der Waals surface area contributed by atoms with Crippen molar-refractivity contribution in [2.75, 3.05) is 13.6 Å². The maximum absolute atomic E-state index is 10.4. The topological polar surface area (TPSA) is 77.5 Å². The summed E-state index contributed by atoms with van der Waals surface area (Å²) in [5.74, 6) is 0.968. The third-order valence-corrected chi connectivity index (χ3v) is 2.97. The Morgan fingerprint density at radius 3 is 2.94 bits per heavy atom. The van der Waals surface area contributed by atoms with Gasteiger partial charge in [-0.2, -0.15) is 0 Å². The largest absolute Gasteiger partial charge is 0.433 e. The molecular weight excluding hydrogens is 224 g/mol. The fourth-order valence-electron chi connectivity index (χ4n) is 2.01. The van der Waals surface area contributed by atoms with Crippen LogP contribution in [-0.4, -0.2) is 24.6 Å². The van der Waals surface area contributed by atoms with Crippen molar-refractivity contribution in [3.8, 4) is 0 Å². The average molecular weight is 240 g/mol. The number of nitrogens with one attached hydrogen (secondary N) is 1. The predicted octanol–water partition coefficient (Wildman–Crippen LogP) is 1.70. The van der Waals surface area contributed by atoms with Gasteiger partial charge in [-0.15, -0.1) is 0 Å². The molecule has 1 heterocycles. The molecule has 0 radical (unpaired) electrons. The summed E-state index contributed by atoms with van der Waals surface area (Å²) >= 11 is 0. The SMILES string of the molecule is CNCC1CC(OCc2ccc([N+](=O)[O-])o2)C1. The Kier molecular flexibility index (Phi) is 3.75. The first-order valence-electron chi connectivity index (χ1n) is 5.68. The molecule has 0 aromatic carbocycles. The van der Waals surface area contributed by atoms with Crippen molar-refractivity contribution in [1.82, 2.24) is 5.32 Å². The molecule has 0 spiro atoms. The number of furan rings is 1. The second kappa shape index (κ2) is 5.29. The highest BCUT2D eigenvalue weighted by Gasteiger charge is 2.29. The van der Waals surface area contributed by atoms with Gasteiger partial charge in [0, 0.05) is 0 Å². The maximum atomic E-state index is 10.4. The van der Waals surface area contributed by atoms with Crippen molar-refractivity contribution in [3.05, 3.63) is 28.0 Å². The van der Waals surface area contributed by atoms with E-state index in [2.05, 4.69) is 5.32 Å². The van der Waals surface area contributed by atoms with Crippen LogP contribution in [0.3, 0.4) is 0 Å². The van der Waals surface area contributed by atoms with Crippen LogP contribution in [0.4, 0.5) is 5.88 Å². The van der Waals surface area contributed by atoms with Gasteiger partial charge >= 0.3 is 5.88 Å². The summed E-state index contributed by atoms with van der Waals surface area (Å²) in [7, 11) is 1.94. The van der Waals surface area contributed by atoms with Gasteiger partial charge in [0.15, 0.2) is 0 Å². The minimum atomic E-state index is -0.546. The predicted molar refractivity (Wildman–Crippen MR) is 60.6 cm³/mol. The van der Waals surface area contributed by atoms with Gasteiger partial charge in [0.1, 0.15) is 17.3 Å². The molecule has 0 saturated heterocycles. The molecule has 0 bridgehead atoms. The van der Waals surface area contributed by atoms with Crippen LogP contribution in [0.15, 0.2) is 16.5 Å². The molecule has 2 rings (SSSR count). The quantitative estimate of drug-likeness (QED) is 0.605. The van der Waals surface area contributed by atoms with Crippen LogP contribution in [-0.2, 0) is 11.3 Å². The zero-order valence-electron chi connectivity index (χ0n) is 9.72. The van der Waals surface area contributed by atoms with E-state index < -0.39 is 4.92 Å². The fraction of sp³-hybridized carbons (Fsp3) is 0.636. The van der Waals surface area contributed by atoms with Crippen molar-refractivity contribution in [1.29, 1.82) is 0 Å². The number of hydrogen-bond acceptors (Lipinski definition) is 5. The second-order valence-corrected chi connectivity index (χ2v) is 4.33. The van der Waals surface area contributed by atoms with Gasteiger partial charge in [-0.05, 0) is 38.4 Å². The van der Waals surface area contributed by atoms with E-state index in [1.807, 2.05) is 7.05 Å². The van der Waals surface area contributed by atoms with Crippen molar-refractivity contribution in [3.63, 3.8) is 0 Å². The monoisotopic (exact) mass is 240 g/mol. The summed E-state index contributed by atoms with van der Waals surface area (Å²) in [6.45, 7) is 1.33. The molecule has 94 valence electrons. The van der Waals surface area contributed by atoms with Crippen molar-refractivity contribution in [2.24, 2.45) is 5.92 Å². The van der Waals surface area contributed by atoms with Crippen LogP contribution in [0, 0.1) is 16.0 Å². The minimum Gasteiger partial charge on any atom is -0.403 e. The van der Waals surface area contributed by atoms with E-state index >= 15 is 0 Å². The van der Waals surface area contributed by atoms with Gasteiger partial charge in [-0.1, -0.05) is 0 Å². The van der Waals surface area contributed by atoms with Gasteiger partial charge in [0.05, 0.1) is 12.2 Å². The summed E-state index contributed by atoms with van der Waals surface area (Å²) in [5.41, 5.74) is 0. The first kappa shape index (κ1) is 12.1. The Hall–Kier alpha value is -1.40. The van der Waals surface area contributed by atoms with Crippen molar-refractivity contribution >= 4 is 5.88 Å². The van der Waals surface area contributed by atoms with Crippen LogP contribution in [0.1, 0.15) is 18.6 Å². The van der Waals surface area contributed by atoms with Crippen molar-refractivity contribution < 1.29 is 14.1 Å². The highest BCUT2D eigenvalue weighted by Crippen LogP contribution is 2.30. The summed E-state index contributed by atoms with van der Waals surface area (Å²) < 4.78 is 10.6. The molecule has 17 heavy (non-hydrogen) atoms. The number of rotatable bonds is 6. The van der Waals surface area contributed by atoms with E-state index in [0.717, 1.165) is 19.4 Å². The third kappa shape index (κ3) is 3.04. The van der Waals surface area contributed by atoms with E-state index in [1.165, 1.54) is 6.07 Å². The van der Waals surface area contributed by atoms with Gasteiger partial charge < -0.3 is 14.5 Å². The molecule has 0 unspecified atom stereocenters. The molecule has 0 atom stereocenters. The number of hydrogen-bond donors (Lipinski definition) is 1. The lowest BCUT2D eigenvalue weighted by Crippen LogP contribution is -2.36. The highest BCUT2D eigenvalue weighted by atomic mass is 16.6. The highest BCUT2D eigenvalue weighted by molar-refractivity contribution is 5.17. The Bertz CT molecular complexity index is 385. The smallest absolute Gasteiger partial charge is 0.403 e. The van der Waals surface area contributed by atoms with Gasteiger partial charge in [0.25, 0.3) is 0 Å².